The topological polar surface area (TPSA) is 95.6 Å². The zero-order valence-corrected chi connectivity index (χ0v) is 17.8. The predicted octanol–water partition coefficient (Wildman–Crippen LogP) is 2.87. The lowest BCUT2D eigenvalue weighted by Crippen LogP contribution is -2.45. The quantitative estimate of drug-likeness (QED) is 0.707. The van der Waals surface area contributed by atoms with Crippen LogP contribution in [0.2, 0.25) is 0 Å². The lowest BCUT2D eigenvalue weighted by atomic mass is 9.96. The zero-order chi connectivity index (χ0) is 21.6. The van der Waals surface area contributed by atoms with Crippen LogP contribution >= 0.6 is 0 Å². The number of nitrogens with one attached hydrogen (secondary N) is 2. The maximum atomic E-state index is 12.9. The molecule has 1 aliphatic rings. The Morgan fingerprint density at radius 2 is 1.77 bits per heavy atom. The van der Waals surface area contributed by atoms with E-state index in [-0.39, 0.29) is 22.6 Å². The number of rotatable bonds is 7. The maximum Gasteiger partial charge on any atom is 0.261 e. The standard InChI is InChI=1S/C22H27N3O4S/c1-2-14-23-21(26)18-7-6-15-25(16-18)22(27)17-10-12-19(13-11-17)24-30(28,29)20-8-4-3-5-9-20/h3-5,8-13,18,24H,2,6-7,14-16H2,1H3,(H,23,26). The van der Waals surface area contributed by atoms with Gasteiger partial charge in [0.15, 0.2) is 0 Å². The highest BCUT2D eigenvalue weighted by Gasteiger charge is 2.28. The summed E-state index contributed by atoms with van der Waals surface area (Å²) in [6, 6.07) is 14.4. The van der Waals surface area contributed by atoms with E-state index in [1.807, 2.05) is 6.92 Å². The first-order valence-corrected chi connectivity index (χ1v) is 11.6. The summed E-state index contributed by atoms with van der Waals surface area (Å²) >= 11 is 0. The number of sulfonamides is 1. The van der Waals surface area contributed by atoms with Gasteiger partial charge in [-0.25, -0.2) is 8.42 Å². The van der Waals surface area contributed by atoms with E-state index in [4.69, 9.17) is 0 Å². The largest absolute Gasteiger partial charge is 0.356 e. The van der Waals surface area contributed by atoms with Crippen molar-refractivity contribution in [2.75, 3.05) is 24.4 Å². The molecule has 2 N–H and O–H groups in total. The van der Waals surface area contributed by atoms with Crippen LogP contribution in [0.4, 0.5) is 5.69 Å². The Hall–Kier alpha value is -2.87. The first-order valence-electron chi connectivity index (χ1n) is 10.2. The number of benzene rings is 2. The van der Waals surface area contributed by atoms with E-state index in [0.29, 0.717) is 30.9 Å². The molecule has 0 aliphatic carbocycles. The van der Waals surface area contributed by atoms with Crippen molar-refractivity contribution in [3.8, 4) is 0 Å². The van der Waals surface area contributed by atoms with E-state index in [1.165, 1.54) is 12.1 Å². The second kappa shape index (κ2) is 9.75. The summed E-state index contributed by atoms with van der Waals surface area (Å²) in [6.07, 6.45) is 2.44. The Bertz CT molecular complexity index is 975. The van der Waals surface area contributed by atoms with Crippen molar-refractivity contribution in [1.82, 2.24) is 10.2 Å². The van der Waals surface area contributed by atoms with Crippen LogP contribution in [0.25, 0.3) is 0 Å². The van der Waals surface area contributed by atoms with Gasteiger partial charge in [0.2, 0.25) is 5.91 Å². The summed E-state index contributed by atoms with van der Waals surface area (Å²) in [5, 5.41) is 2.90. The molecule has 2 aromatic carbocycles. The van der Waals surface area contributed by atoms with Crippen LogP contribution in [0, 0.1) is 5.92 Å². The van der Waals surface area contributed by atoms with E-state index >= 15 is 0 Å². The van der Waals surface area contributed by atoms with Crippen LogP contribution in [0.5, 0.6) is 0 Å². The summed E-state index contributed by atoms with van der Waals surface area (Å²) in [5.41, 5.74) is 0.846. The molecule has 1 unspecified atom stereocenters. The number of hydrogen-bond acceptors (Lipinski definition) is 4. The summed E-state index contributed by atoms with van der Waals surface area (Å²) in [4.78, 5) is 27.0. The van der Waals surface area contributed by atoms with Gasteiger partial charge in [0.05, 0.1) is 10.8 Å². The van der Waals surface area contributed by atoms with Crippen LogP contribution in [0.3, 0.4) is 0 Å². The van der Waals surface area contributed by atoms with E-state index < -0.39 is 10.0 Å². The Morgan fingerprint density at radius 1 is 1.07 bits per heavy atom. The van der Waals surface area contributed by atoms with E-state index in [9.17, 15) is 18.0 Å². The molecular weight excluding hydrogens is 402 g/mol. The highest BCUT2D eigenvalue weighted by molar-refractivity contribution is 7.92. The number of piperidine rings is 1. The van der Waals surface area contributed by atoms with Gasteiger partial charge in [-0.1, -0.05) is 25.1 Å². The smallest absolute Gasteiger partial charge is 0.261 e. The molecule has 8 heteroatoms. The predicted molar refractivity (Wildman–Crippen MR) is 116 cm³/mol. The van der Waals surface area contributed by atoms with Gasteiger partial charge < -0.3 is 10.2 Å². The molecule has 7 nitrogen and oxygen atoms in total. The molecule has 1 fully saturated rings. The number of likely N-dealkylation sites (tertiary alicyclic amines) is 1. The van der Waals surface area contributed by atoms with Gasteiger partial charge in [0.1, 0.15) is 0 Å². The minimum atomic E-state index is -3.68. The molecule has 2 aromatic rings. The minimum absolute atomic E-state index is 0.0000153. The minimum Gasteiger partial charge on any atom is -0.356 e. The molecule has 1 saturated heterocycles. The Labute approximate surface area is 177 Å². The van der Waals surface area contributed by atoms with Gasteiger partial charge in [-0.3, -0.25) is 14.3 Å². The number of hydrogen-bond donors (Lipinski definition) is 2. The third-order valence-corrected chi connectivity index (χ3v) is 6.46. The Kier molecular flexibility index (Phi) is 7.10. The molecule has 3 rings (SSSR count). The van der Waals surface area contributed by atoms with Gasteiger partial charge in [-0.15, -0.1) is 0 Å². The monoisotopic (exact) mass is 429 g/mol. The molecule has 0 saturated carbocycles. The molecule has 1 heterocycles. The third kappa shape index (κ3) is 5.38. The van der Waals surface area contributed by atoms with Crippen LogP contribution in [-0.2, 0) is 14.8 Å². The first-order chi connectivity index (χ1) is 14.4. The zero-order valence-electron chi connectivity index (χ0n) is 17.0. The average molecular weight is 430 g/mol. The molecule has 1 atom stereocenters. The van der Waals surface area contributed by atoms with E-state index in [2.05, 4.69) is 10.0 Å². The fraction of sp³-hybridized carbons (Fsp3) is 0.364. The van der Waals surface area contributed by atoms with Crippen molar-refractivity contribution in [3.05, 3.63) is 60.2 Å². The van der Waals surface area contributed by atoms with Crippen molar-refractivity contribution >= 4 is 27.5 Å². The molecule has 0 spiro atoms. The van der Waals surface area contributed by atoms with Crippen LogP contribution in [0.1, 0.15) is 36.5 Å². The van der Waals surface area contributed by atoms with Gasteiger partial charge in [0, 0.05) is 30.9 Å². The van der Waals surface area contributed by atoms with Crippen molar-refractivity contribution in [1.29, 1.82) is 0 Å². The molecule has 0 bridgehead atoms. The number of anilines is 1. The van der Waals surface area contributed by atoms with E-state index in [1.54, 1.807) is 47.4 Å². The van der Waals surface area contributed by atoms with Crippen molar-refractivity contribution in [2.45, 2.75) is 31.1 Å². The summed E-state index contributed by atoms with van der Waals surface area (Å²) in [7, 11) is -3.68. The van der Waals surface area contributed by atoms with Crippen LogP contribution in [0.15, 0.2) is 59.5 Å². The highest BCUT2D eigenvalue weighted by Crippen LogP contribution is 2.21. The first kappa shape index (κ1) is 21.8. The number of amides is 2. The molecule has 2 amide bonds. The van der Waals surface area contributed by atoms with Gasteiger partial charge in [-0.2, -0.15) is 0 Å². The van der Waals surface area contributed by atoms with Crippen molar-refractivity contribution in [3.63, 3.8) is 0 Å². The molecule has 1 aliphatic heterocycles. The fourth-order valence-corrected chi connectivity index (χ4v) is 4.52. The second-order valence-corrected chi connectivity index (χ2v) is 9.06. The highest BCUT2D eigenvalue weighted by atomic mass is 32.2. The lowest BCUT2D eigenvalue weighted by Gasteiger charge is -2.32. The second-order valence-electron chi connectivity index (χ2n) is 7.38. The van der Waals surface area contributed by atoms with Crippen LogP contribution < -0.4 is 10.0 Å². The molecule has 160 valence electrons. The Morgan fingerprint density at radius 3 is 2.43 bits per heavy atom. The average Bonchev–Trinajstić information content (AvgIpc) is 2.78. The van der Waals surface area contributed by atoms with Gasteiger partial charge in [0.25, 0.3) is 15.9 Å². The molecule has 0 aromatic heterocycles. The van der Waals surface area contributed by atoms with Crippen molar-refractivity contribution in [2.24, 2.45) is 5.92 Å². The molecule has 0 radical (unpaired) electrons. The van der Waals surface area contributed by atoms with Gasteiger partial charge in [-0.05, 0) is 55.7 Å². The molecule has 30 heavy (non-hydrogen) atoms. The summed E-state index contributed by atoms with van der Waals surface area (Å²) < 4.78 is 27.4. The SMILES string of the molecule is CCCNC(=O)C1CCCN(C(=O)c2ccc(NS(=O)(=O)c3ccccc3)cc2)C1. The fourth-order valence-electron chi connectivity index (χ4n) is 3.45. The normalized spacial score (nSPS) is 16.7. The summed E-state index contributed by atoms with van der Waals surface area (Å²) in [6.45, 7) is 3.65. The lowest BCUT2D eigenvalue weighted by molar-refractivity contribution is -0.126. The number of carbonyl (C=O) groups is 2. The third-order valence-electron chi connectivity index (χ3n) is 5.07. The summed E-state index contributed by atoms with van der Waals surface area (Å²) in [5.74, 6) is -0.341. The molecular formula is C22H27N3O4S. The van der Waals surface area contributed by atoms with Gasteiger partial charge >= 0.3 is 0 Å². The Balaban J connectivity index is 1.64. The number of carbonyl (C=O) groups excluding carboxylic acids is 2. The van der Waals surface area contributed by atoms with E-state index in [0.717, 1.165) is 19.3 Å². The van der Waals surface area contributed by atoms with Crippen molar-refractivity contribution < 1.29 is 18.0 Å². The van der Waals surface area contributed by atoms with Crippen LogP contribution in [-0.4, -0.2) is 44.8 Å². The number of nitrogens with zero attached hydrogens (tertiary/aromatic N) is 1. The maximum absolute atomic E-state index is 12.9.